The van der Waals surface area contributed by atoms with E-state index in [4.69, 9.17) is 9.47 Å². The Labute approximate surface area is 171 Å². The molecular weight excluding hydrogens is 369 g/mol. The maximum Gasteiger partial charge on any atom is 0.231 e. The SMILES string of the molecule is C=C(NCc1ccc2c(c1)OCO2)N(Cc1ccc(F)cc1C)C1CCNCC1. The molecule has 0 spiro atoms. The van der Waals surface area contributed by atoms with Crippen LogP contribution in [-0.2, 0) is 13.1 Å². The van der Waals surface area contributed by atoms with E-state index in [-0.39, 0.29) is 12.6 Å². The van der Waals surface area contributed by atoms with E-state index in [1.54, 1.807) is 6.07 Å². The number of hydrogen-bond acceptors (Lipinski definition) is 5. The van der Waals surface area contributed by atoms with Crippen LogP contribution in [-0.4, -0.2) is 30.8 Å². The van der Waals surface area contributed by atoms with E-state index in [2.05, 4.69) is 22.1 Å². The maximum absolute atomic E-state index is 13.5. The molecule has 1 fully saturated rings. The van der Waals surface area contributed by atoms with Gasteiger partial charge in [-0.05, 0) is 73.8 Å². The standard InChI is InChI=1S/C23H28FN3O2/c1-16-11-20(24)5-4-19(16)14-27(21-7-9-25-10-8-21)17(2)26-13-18-3-6-22-23(12-18)29-15-28-22/h3-6,11-12,21,25-26H,2,7-10,13-15H2,1H3. The number of halogens is 1. The summed E-state index contributed by atoms with van der Waals surface area (Å²) in [6.07, 6.45) is 2.12. The Bertz CT molecular complexity index is 880. The van der Waals surface area contributed by atoms with Crippen molar-refractivity contribution in [1.82, 2.24) is 15.5 Å². The van der Waals surface area contributed by atoms with Gasteiger partial charge in [0, 0.05) is 19.1 Å². The molecule has 0 unspecified atom stereocenters. The summed E-state index contributed by atoms with van der Waals surface area (Å²) in [6, 6.07) is 11.4. The number of rotatable bonds is 7. The fourth-order valence-corrected chi connectivity index (χ4v) is 3.94. The number of aryl methyl sites for hydroxylation is 1. The second-order valence-corrected chi connectivity index (χ2v) is 7.67. The molecule has 2 aromatic carbocycles. The van der Waals surface area contributed by atoms with Crippen LogP contribution in [0.2, 0.25) is 0 Å². The zero-order valence-electron chi connectivity index (χ0n) is 16.8. The molecule has 0 saturated carbocycles. The number of piperidine rings is 1. The van der Waals surface area contributed by atoms with Crippen LogP contribution in [0.25, 0.3) is 0 Å². The third-order valence-corrected chi connectivity index (χ3v) is 5.68. The lowest BCUT2D eigenvalue weighted by molar-refractivity contribution is 0.174. The van der Waals surface area contributed by atoms with Crippen molar-refractivity contribution in [2.75, 3.05) is 19.9 Å². The van der Waals surface area contributed by atoms with Gasteiger partial charge in [-0.15, -0.1) is 0 Å². The fraction of sp³-hybridized carbons (Fsp3) is 0.391. The summed E-state index contributed by atoms with van der Waals surface area (Å²) in [5.74, 6) is 2.26. The van der Waals surface area contributed by atoms with Gasteiger partial charge in [-0.1, -0.05) is 18.7 Å². The molecule has 0 radical (unpaired) electrons. The number of fused-ring (bicyclic) bond motifs is 1. The lowest BCUT2D eigenvalue weighted by Gasteiger charge is -2.38. The van der Waals surface area contributed by atoms with Crippen LogP contribution in [0.4, 0.5) is 4.39 Å². The van der Waals surface area contributed by atoms with Crippen LogP contribution < -0.4 is 20.1 Å². The Balaban J connectivity index is 1.46. The molecule has 154 valence electrons. The summed E-state index contributed by atoms with van der Waals surface area (Å²) in [5.41, 5.74) is 3.20. The topological polar surface area (TPSA) is 45.8 Å². The molecule has 0 atom stereocenters. The molecule has 6 heteroatoms. The zero-order valence-corrected chi connectivity index (χ0v) is 16.8. The summed E-state index contributed by atoms with van der Waals surface area (Å²) in [6.45, 7) is 9.93. The first-order valence-corrected chi connectivity index (χ1v) is 10.1. The minimum atomic E-state index is -0.195. The molecular formula is C23H28FN3O2. The van der Waals surface area contributed by atoms with E-state index in [1.165, 1.54) is 6.07 Å². The minimum Gasteiger partial charge on any atom is -0.454 e. The van der Waals surface area contributed by atoms with Crippen LogP contribution >= 0.6 is 0 Å². The number of benzene rings is 2. The molecule has 0 aliphatic carbocycles. The van der Waals surface area contributed by atoms with Gasteiger partial charge in [0.2, 0.25) is 6.79 Å². The molecule has 0 amide bonds. The van der Waals surface area contributed by atoms with E-state index in [1.807, 2.05) is 31.2 Å². The molecule has 2 heterocycles. The second-order valence-electron chi connectivity index (χ2n) is 7.67. The maximum atomic E-state index is 13.5. The predicted octanol–water partition coefficient (Wildman–Crippen LogP) is 3.68. The first-order valence-electron chi connectivity index (χ1n) is 10.1. The first-order chi connectivity index (χ1) is 14.1. The predicted molar refractivity (Wildman–Crippen MR) is 111 cm³/mol. The minimum absolute atomic E-state index is 0.195. The third-order valence-electron chi connectivity index (χ3n) is 5.68. The molecule has 2 aromatic rings. The Kier molecular flexibility index (Phi) is 5.90. The van der Waals surface area contributed by atoms with Crippen molar-refractivity contribution >= 4 is 0 Å². The summed E-state index contributed by atoms with van der Waals surface area (Å²) < 4.78 is 24.4. The summed E-state index contributed by atoms with van der Waals surface area (Å²) in [5, 5.41) is 6.90. The quantitative estimate of drug-likeness (QED) is 0.746. The molecule has 4 rings (SSSR count). The zero-order chi connectivity index (χ0) is 20.2. The van der Waals surface area contributed by atoms with Crippen molar-refractivity contribution in [2.24, 2.45) is 0 Å². The Hall–Kier alpha value is -2.73. The summed E-state index contributed by atoms with van der Waals surface area (Å²) in [4.78, 5) is 2.33. The van der Waals surface area contributed by atoms with Gasteiger partial charge in [-0.25, -0.2) is 4.39 Å². The van der Waals surface area contributed by atoms with Crippen molar-refractivity contribution in [1.29, 1.82) is 0 Å². The molecule has 2 N–H and O–H groups in total. The third kappa shape index (κ3) is 4.65. The number of nitrogens with zero attached hydrogens (tertiary/aromatic N) is 1. The van der Waals surface area contributed by atoms with E-state index < -0.39 is 0 Å². The molecule has 2 aliphatic heterocycles. The average Bonchev–Trinajstić information content (AvgIpc) is 3.20. The number of hydrogen-bond donors (Lipinski definition) is 2. The highest BCUT2D eigenvalue weighted by Crippen LogP contribution is 2.32. The van der Waals surface area contributed by atoms with Gasteiger partial charge in [-0.3, -0.25) is 0 Å². The second kappa shape index (κ2) is 8.74. The van der Waals surface area contributed by atoms with Crippen LogP contribution in [0.15, 0.2) is 48.8 Å². The monoisotopic (exact) mass is 397 g/mol. The molecule has 5 nitrogen and oxygen atoms in total. The van der Waals surface area contributed by atoms with Crippen molar-refractivity contribution in [3.8, 4) is 11.5 Å². The van der Waals surface area contributed by atoms with Crippen molar-refractivity contribution < 1.29 is 13.9 Å². The molecule has 0 bridgehead atoms. The van der Waals surface area contributed by atoms with Crippen molar-refractivity contribution in [3.63, 3.8) is 0 Å². The molecule has 0 aromatic heterocycles. The Morgan fingerprint density at radius 2 is 1.97 bits per heavy atom. The number of nitrogens with one attached hydrogen (secondary N) is 2. The van der Waals surface area contributed by atoms with E-state index >= 15 is 0 Å². The first kappa shape index (κ1) is 19.6. The molecule has 29 heavy (non-hydrogen) atoms. The van der Waals surface area contributed by atoms with Gasteiger partial charge in [0.15, 0.2) is 11.5 Å². The van der Waals surface area contributed by atoms with E-state index in [0.717, 1.165) is 59.9 Å². The smallest absolute Gasteiger partial charge is 0.231 e. The van der Waals surface area contributed by atoms with Gasteiger partial charge < -0.3 is 25.0 Å². The highest BCUT2D eigenvalue weighted by atomic mass is 19.1. The van der Waals surface area contributed by atoms with Gasteiger partial charge in [0.25, 0.3) is 0 Å². The van der Waals surface area contributed by atoms with Gasteiger partial charge in [0.05, 0.1) is 5.82 Å². The van der Waals surface area contributed by atoms with Crippen LogP contribution in [0.1, 0.15) is 29.5 Å². The van der Waals surface area contributed by atoms with Crippen LogP contribution in [0.3, 0.4) is 0 Å². The van der Waals surface area contributed by atoms with Crippen LogP contribution in [0, 0.1) is 12.7 Å². The normalized spacial score (nSPS) is 15.9. The lowest BCUT2D eigenvalue weighted by atomic mass is 10.0. The summed E-state index contributed by atoms with van der Waals surface area (Å²) >= 11 is 0. The van der Waals surface area contributed by atoms with Gasteiger partial charge in [0.1, 0.15) is 5.82 Å². The van der Waals surface area contributed by atoms with Crippen molar-refractivity contribution in [2.45, 2.75) is 38.9 Å². The van der Waals surface area contributed by atoms with E-state index in [9.17, 15) is 4.39 Å². The largest absolute Gasteiger partial charge is 0.454 e. The fourth-order valence-electron chi connectivity index (χ4n) is 3.94. The lowest BCUT2D eigenvalue weighted by Crippen LogP contribution is -2.44. The molecule has 2 aliphatic rings. The molecule has 1 saturated heterocycles. The van der Waals surface area contributed by atoms with Gasteiger partial charge in [-0.2, -0.15) is 0 Å². The van der Waals surface area contributed by atoms with E-state index in [0.29, 0.717) is 19.1 Å². The highest BCUT2D eigenvalue weighted by molar-refractivity contribution is 5.44. The van der Waals surface area contributed by atoms with Crippen molar-refractivity contribution in [3.05, 3.63) is 71.3 Å². The Morgan fingerprint density at radius 3 is 2.76 bits per heavy atom. The average molecular weight is 397 g/mol. The Morgan fingerprint density at radius 1 is 1.17 bits per heavy atom. The van der Waals surface area contributed by atoms with Gasteiger partial charge >= 0.3 is 0 Å². The summed E-state index contributed by atoms with van der Waals surface area (Å²) in [7, 11) is 0. The number of ether oxygens (including phenoxy) is 2. The van der Waals surface area contributed by atoms with Crippen LogP contribution in [0.5, 0.6) is 11.5 Å². The highest BCUT2D eigenvalue weighted by Gasteiger charge is 2.23.